The van der Waals surface area contributed by atoms with Crippen molar-refractivity contribution in [2.45, 2.75) is 33.1 Å². The van der Waals surface area contributed by atoms with E-state index in [9.17, 15) is 14.7 Å². The molecule has 0 aliphatic rings. The topological polar surface area (TPSA) is 87.7 Å². The summed E-state index contributed by atoms with van der Waals surface area (Å²) in [6, 6.07) is 11.8. The summed E-state index contributed by atoms with van der Waals surface area (Å²) in [4.78, 5) is 24.3. The van der Waals surface area contributed by atoms with Crippen LogP contribution in [0.2, 0.25) is 0 Å². The van der Waals surface area contributed by atoms with Gasteiger partial charge in [0, 0.05) is 5.56 Å². The molecule has 0 aromatic heterocycles. The molecule has 2 amide bonds. The molecule has 0 radical (unpaired) electrons. The summed E-state index contributed by atoms with van der Waals surface area (Å²) in [5.41, 5.74) is 1.62. The number of nitrogens with one attached hydrogen (secondary N) is 2. The monoisotopic (exact) mass is 370 g/mol. The molecule has 0 unspecified atom stereocenters. The van der Waals surface area contributed by atoms with Gasteiger partial charge in [0.15, 0.2) is 0 Å². The average molecular weight is 370 g/mol. The second-order valence-electron chi connectivity index (χ2n) is 7.17. The van der Waals surface area contributed by atoms with Crippen molar-refractivity contribution in [1.82, 2.24) is 5.32 Å². The summed E-state index contributed by atoms with van der Waals surface area (Å²) in [7, 11) is 0. The quantitative estimate of drug-likeness (QED) is 0.680. The highest BCUT2D eigenvalue weighted by Crippen LogP contribution is 2.30. The van der Waals surface area contributed by atoms with Gasteiger partial charge in [0.25, 0.3) is 5.91 Å². The van der Waals surface area contributed by atoms with Gasteiger partial charge in [-0.15, -0.1) is 0 Å². The Morgan fingerprint density at radius 3 is 2.33 bits per heavy atom. The van der Waals surface area contributed by atoms with Crippen LogP contribution in [0.4, 0.5) is 5.69 Å². The highest BCUT2D eigenvalue weighted by atomic mass is 16.5. The Kier molecular flexibility index (Phi) is 6.45. The molecule has 0 saturated carbocycles. The van der Waals surface area contributed by atoms with Gasteiger partial charge < -0.3 is 20.5 Å². The van der Waals surface area contributed by atoms with E-state index in [0.29, 0.717) is 23.6 Å². The third-order valence-corrected chi connectivity index (χ3v) is 3.97. The molecule has 0 atom stereocenters. The number of hydrogen-bond donors (Lipinski definition) is 3. The summed E-state index contributed by atoms with van der Waals surface area (Å²) in [5.74, 6) is -0.119. The van der Waals surface area contributed by atoms with Crippen LogP contribution in [0.1, 0.15) is 43.6 Å². The molecule has 0 bridgehead atoms. The predicted octanol–water partition coefficient (Wildman–Crippen LogP) is 3.46. The first kappa shape index (κ1) is 20.3. The Labute approximate surface area is 159 Å². The smallest absolute Gasteiger partial charge is 0.251 e. The molecule has 2 rings (SSSR count). The van der Waals surface area contributed by atoms with Crippen LogP contribution in [0.15, 0.2) is 42.5 Å². The summed E-state index contributed by atoms with van der Waals surface area (Å²) < 4.78 is 5.33. The Balaban J connectivity index is 1.95. The van der Waals surface area contributed by atoms with Crippen molar-refractivity contribution in [2.24, 2.45) is 0 Å². The standard InChI is InChI=1S/C21H26N2O4/c1-5-27-16-9-6-14(7-10-16)20(26)22-13-19(25)23-17-12-15(21(2,3)4)8-11-18(17)24/h6-12,24H,5,13H2,1-4H3,(H,22,26)(H,23,25). The number of hydrogen-bond acceptors (Lipinski definition) is 4. The lowest BCUT2D eigenvalue weighted by Crippen LogP contribution is -2.32. The molecule has 0 aliphatic heterocycles. The van der Waals surface area contributed by atoms with Crippen molar-refractivity contribution in [2.75, 3.05) is 18.5 Å². The fraction of sp³-hybridized carbons (Fsp3) is 0.333. The molecule has 6 nitrogen and oxygen atoms in total. The maximum Gasteiger partial charge on any atom is 0.251 e. The lowest BCUT2D eigenvalue weighted by molar-refractivity contribution is -0.115. The molecule has 27 heavy (non-hydrogen) atoms. The molecule has 0 spiro atoms. The van der Waals surface area contributed by atoms with Gasteiger partial charge in [0.05, 0.1) is 18.8 Å². The van der Waals surface area contributed by atoms with Crippen LogP contribution in [0.25, 0.3) is 0 Å². The Morgan fingerprint density at radius 2 is 1.74 bits per heavy atom. The van der Waals surface area contributed by atoms with E-state index in [2.05, 4.69) is 10.6 Å². The van der Waals surface area contributed by atoms with E-state index in [4.69, 9.17) is 4.74 Å². The van der Waals surface area contributed by atoms with Crippen molar-refractivity contribution in [1.29, 1.82) is 0 Å². The van der Waals surface area contributed by atoms with E-state index in [1.807, 2.05) is 33.8 Å². The summed E-state index contributed by atoms with van der Waals surface area (Å²) in [6.45, 7) is 8.36. The largest absolute Gasteiger partial charge is 0.506 e. The van der Waals surface area contributed by atoms with Gasteiger partial charge in [-0.2, -0.15) is 0 Å². The fourth-order valence-electron chi connectivity index (χ4n) is 2.43. The molecule has 2 aromatic carbocycles. The van der Waals surface area contributed by atoms with E-state index in [1.165, 1.54) is 0 Å². The molecule has 0 saturated heterocycles. The minimum absolute atomic E-state index is 0.0193. The molecular weight excluding hydrogens is 344 g/mol. The average Bonchev–Trinajstić information content (AvgIpc) is 2.61. The van der Waals surface area contributed by atoms with Crippen LogP contribution >= 0.6 is 0 Å². The summed E-state index contributed by atoms with van der Waals surface area (Å²) in [6.07, 6.45) is 0. The molecule has 3 N–H and O–H groups in total. The number of phenolic OH excluding ortho intramolecular Hbond substituents is 1. The number of anilines is 1. The third-order valence-electron chi connectivity index (χ3n) is 3.97. The Bertz CT molecular complexity index is 808. The number of aromatic hydroxyl groups is 1. The zero-order valence-electron chi connectivity index (χ0n) is 16.1. The molecular formula is C21H26N2O4. The highest BCUT2D eigenvalue weighted by molar-refractivity contribution is 5.99. The lowest BCUT2D eigenvalue weighted by Gasteiger charge is -2.20. The first-order chi connectivity index (χ1) is 12.7. The van der Waals surface area contributed by atoms with Gasteiger partial charge in [-0.1, -0.05) is 26.8 Å². The number of ether oxygens (including phenoxy) is 1. The van der Waals surface area contributed by atoms with Crippen LogP contribution in [0, 0.1) is 0 Å². The van der Waals surface area contributed by atoms with Crippen LogP contribution < -0.4 is 15.4 Å². The van der Waals surface area contributed by atoms with E-state index in [0.717, 1.165) is 5.56 Å². The van der Waals surface area contributed by atoms with Crippen molar-refractivity contribution in [3.8, 4) is 11.5 Å². The SMILES string of the molecule is CCOc1ccc(C(=O)NCC(=O)Nc2cc(C(C)(C)C)ccc2O)cc1. The predicted molar refractivity (Wildman–Crippen MR) is 105 cm³/mol. The van der Waals surface area contributed by atoms with Gasteiger partial charge in [0.1, 0.15) is 11.5 Å². The van der Waals surface area contributed by atoms with Gasteiger partial charge in [-0.3, -0.25) is 9.59 Å². The molecule has 2 aromatic rings. The van der Waals surface area contributed by atoms with Gasteiger partial charge in [-0.25, -0.2) is 0 Å². The highest BCUT2D eigenvalue weighted by Gasteiger charge is 2.16. The molecule has 0 fully saturated rings. The van der Waals surface area contributed by atoms with Gasteiger partial charge in [0.2, 0.25) is 5.91 Å². The first-order valence-corrected chi connectivity index (χ1v) is 8.85. The first-order valence-electron chi connectivity index (χ1n) is 8.85. The maximum atomic E-state index is 12.1. The van der Waals surface area contributed by atoms with E-state index in [-0.39, 0.29) is 23.6 Å². The van der Waals surface area contributed by atoms with Crippen molar-refractivity contribution < 1.29 is 19.4 Å². The van der Waals surface area contributed by atoms with Gasteiger partial charge in [-0.05, 0) is 54.3 Å². The van der Waals surface area contributed by atoms with Gasteiger partial charge >= 0.3 is 0 Å². The number of amides is 2. The normalized spacial score (nSPS) is 11.0. The van der Waals surface area contributed by atoms with Crippen LogP contribution in [-0.4, -0.2) is 30.1 Å². The number of carbonyl (C=O) groups excluding carboxylic acids is 2. The van der Waals surface area contributed by atoms with Crippen molar-refractivity contribution >= 4 is 17.5 Å². The number of carbonyl (C=O) groups is 2. The molecule has 144 valence electrons. The van der Waals surface area contributed by atoms with Crippen molar-refractivity contribution in [3.63, 3.8) is 0 Å². The summed E-state index contributed by atoms with van der Waals surface area (Å²) in [5, 5.41) is 15.2. The zero-order chi connectivity index (χ0) is 20.0. The van der Waals surface area contributed by atoms with Crippen LogP contribution in [0.5, 0.6) is 11.5 Å². The fourth-order valence-corrected chi connectivity index (χ4v) is 2.43. The number of rotatable bonds is 6. The summed E-state index contributed by atoms with van der Waals surface area (Å²) >= 11 is 0. The number of phenols is 1. The maximum absolute atomic E-state index is 12.1. The minimum Gasteiger partial charge on any atom is -0.506 e. The van der Waals surface area contributed by atoms with Crippen LogP contribution in [-0.2, 0) is 10.2 Å². The van der Waals surface area contributed by atoms with Crippen molar-refractivity contribution in [3.05, 3.63) is 53.6 Å². The Morgan fingerprint density at radius 1 is 1.07 bits per heavy atom. The molecule has 0 heterocycles. The van der Waals surface area contributed by atoms with E-state index < -0.39 is 5.91 Å². The molecule has 6 heteroatoms. The zero-order valence-corrected chi connectivity index (χ0v) is 16.1. The minimum atomic E-state index is -0.421. The van der Waals surface area contributed by atoms with E-state index in [1.54, 1.807) is 36.4 Å². The second-order valence-corrected chi connectivity index (χ2v) is 7.17. The molecule has 0 aliphatic carbocycles. The second kappa shape index (κ2) is 8.58. The Hall–Kier alpha value is -3.02. The third kappa shape index (κ3) is 5.74. The van der Waals surface area contributed by atoms with E-state index >= 15 is 0 Å². The lowest BCUT2D eigenvalue weighted by atomic mass is 9.87. The van der Waals surface area contributed by atoms with Crippen LogP contribution in [0.3, 0.4) is 0 Å². The number of benzene rings is 2.